The summed E-state index contributed by atoms with van der Waals surface area (Å²) in [5.74, 6) is -0.565. The summed E-state index contributed by atoms with van der Waals surface area (Å²) >= 11 is 0. The number of rotatable bonds is 36. The molecule has 0 spiro atoms. The first-order valence-electron chi connectivity index (χ1n) is 19.7. The molecule has 0 unspecified atom stereocenters. The van der Waals surface area contributed by atoms with Crippen molar-refractivity contribution in [3.63, 3.8) is 0 Å². The Kier molecular flexibility index (Phi) is 36.8. The molecule has 0 radical (unpaired) electrons. The molecule has 0 saturated heterocycles. The van der Waals surface area contributed by atoms with Crippen LogP contribution in [0.2, 0.25) is 0 Å². The zero-order valence-corrected chi connectivity index (χ0v) is 33.0. The fourth-order valence-electron chi connectivity index (χ4n) is 4.67. The number of phosphoric ester groups is 1. The number of hydrogen-bond acceptors (Lipinski definition) is 7. The van der Waals surface area contributed by atoms with E-state index in [9.17, 15) is 19.0 Å². The standard InChI is InChI=1S/C42H71O8P/c1-3-5-7-9-11-13-15-17-19-21-23-25-27-29-31-35-41(43)47-37-33-39-49-51(45,46)50-40-34-38-48-42(44)36-32-30-28-26-24-22-20-18-16-14-12-10-8-6-4-2/h11-14,17-20,23-26H,3-10,15-16,21-22,27-40H2,1-2H3,(H,45,46)/b13-11-,14-12-,19-17-,20-18-,25-23-,26-24-. The third kappa shape index (κ3) is 40.1. The molecule has 292 valence electrons. The molecule has 0 aliphatic heterocycles. The van der Waals surface area contributed by atoms with Crippen molar-refractivity contribution >= 4 is 19.8 Å². The van der Waals surface area contributed by atoms with Gasteiger partial charge in [-0.2, -0.15) is 0 Å². The van der Waals surface area contributed by atoms with E-state index in [0.717, 1.165) is 64.2 Å². The smallest absolute Gasteiger partial charge is 0.466 e. The molecule has 0 fully saturated rings. The highest BCUT2D eigenvalue weighted by atomic mass is 31.2. The second kappa shape index (κ2) is 38.7. The summed E-state index contributed by atoms with van der Waals surface area (Å²) in [6.45, 7) is 4.51. The maximum absolute atomic E-state index is 12.0. The lowest BCUT2D eigenvalue weighted by atomic mass is 10.1. The third-order valence-electron chi connectivity index (χ3n) is 7.65. The quantitative estimate of drug-likeness (QED) is 0.0293. The Bertz CT molecular complexity index is 965. The van der Waals surface area contributed by atoms with Crippen LogP contribution in [0.4, 0.5) is 0 Å². The van der Waals surface area contributed by atoms with Crippen LogP contribution in [0.25, 0.3) is 0 Å². The van der Waals surface area contributed by atoms with Crippen molar-refractivity contribution in [2.75, 3.05) is 26.4 Å². The van der Waals surface area contributed by atoms with Crippen LogP contribution >= 0.6 is 7.82 Å². The number of ether oxygens (including phenoxy) is 2. The van der Waals surface area contributed by atoms with Crippen molar-refractivity contribution in [3.05, 3.63) is 72.9 Å². The van der Waals surface area contributed by atoms with Gasteiger partial charge in [0.05, 0.1) is 26.4 Å². The molecular weight excluding hydrogens is 663 g/mol. The molecule has 0 aromatic carbocycles. The zero-order valence-electron chi connectivity index (χ0n) is 32.1. The number of unbranched alkanes of at least 4 members (excludes halogenated alkanes) is 10. The molecular formula is C42H71O8P. The van der Waals surface area contributed by atoms with Crippen LogP contribution in [0.15, 0.2) is 72.9 Å². The highest BCUT2D eigenvalue weighted by molar-refractivity contribution is 7.47. The Hall–Kier alpha value is -2.51. The highest BCUT2D eigenvalue weighted by Crippen LogP contribution is 2.43. The van der Waals surface area contributed by atoms with E-state index < -0.39 is 7.82 Å². The lowest BCUT2D eigenvalue weighted by Gasteiger charge is -2.12. The average molecular weight is 735 g/mol. The van der Waals surface area contributed by atoms with E-state index in [-0.39, 0.29) is 51.2 Å². The van der Waals surface area contributed by atoms with Gasteiger partial charge in [0, 0.05) is 25.7 Å². The molecule has 51 heavy (non-hydrogen) atoms. The van der Waals surface area contributed by atoms with Crippen LogP contribution < -0.4 is 0 Å². The summed E-state index contributed by atoms with van der Waals surface area (Å²) in [5, 5.41) is 0. The monoisotopic (exact) mass is 734 g/mol. The Labute approximate surface area is 311 Å². The molecule has 1 N–H and O–H groups in total. The van der Waals surface area contributed by atoms with Crippen molar-refractivity contribution in [2.24, 2.45) is 0 Å². The normalized spacial score (nSPS) is 12.6. The number of carbonyl (C=O) groups excluding carboxylic acids is 2. The van der Waals surface area contributed by atoms with Crippen LogP contribution in [0.5, 0.6) is 0 Å². The van der Waals surface area contributed by atoms with Gasteiger partial charge >= 0.3 is 19.8 Å². The zero-order chi connectivity index (χ0) is 37.4. The fraction of sp³-hybridized carbons (Fsp3) is 0.667. The van der Waals surface area contributed by atoms with E-state index in [0.29, 0.717) is 12.8 Å². The molecule has 0 atom stereocenters. The van der Waals surface area contributed by atoms with Crippen LogP contribution in [-0.4, -0.2) is 43.3 Å². The first kappa shape index (κ1) is 48.5. The Balaban J connectivity index is 3.63. The minimum absolute atomic E-state index is 0.0761. The first-order valence-corrected chi connectivity index (χ1v) is 21.2. The van der Waals surface area contributed by atoms with Gasteiger partial charge in [0.25, 0.3) is 0 Å². The van der Waals surface area contributed by atoms with Crippen LogP contribution in [-0.2, 0) is 32.7 Å². The topological polar surface area (TPSA) is 108 Å². The van der Waals surface area contributed by atoms with Crippen LogP contribution in [0.1, 0.15) is 155 Å². The van der Waals surface area contributed by atoms with E-state index in [1.54, 1.807) is 0 Å². The molecule has 9 heteroatoms. The lowest BCUT2D eigenvalue weighted by Crippen LogP contribution is -2.09. The molecule has 0 bridgehead atoms. The molecule has 0 heterocycles. The van der Waals surface area contributed by atoms with Crippen LogP contribution in [0, 0.1) is 0 Å². The number of hydrogen-bond donors (Lipinski definition) is 1. The van der Waals surface area contributed by atoms with Gasteiger partial charge in [0.2, 0.25) is 0 Å². The van der Waals surface area contributed by atoms with E-state index in [4.69, 9.17) is 18.5 Å². The van der Waals surface area contributed by atoms with E-state index in [1.807, 2.05) is 0 Å². The van der Waals surface area contributed by atoms with E-state index in [2.05, 4.69) is 86.8 Å². The minimum atomic E-state index is -4.22. The molecule has 0 aliphatic carbocycles. The molecule has 0 amide bonds. The van der Waals surface area contributed by atoms with Gasteiger partial charge in [0.1, 0.15) is 0 Å². The Morgan fingerprint density at radius 2 is 0.765 bits per heavy atom. The molecule has 0 aliphatic rings. The minimum Gasteiger partial charge on any atom is -0.466 e. The van der Waals surface area contributed by atoms with Gasteiger partial charge in [-0.05, 0) is 89.9 Å². The summed E-state index contributed by atoms with van der Waals surface area (Å²) in [6.07, 6.45) is 46.6. The second-order valence-corrected chi connectivity index (χ2v) is 14.0. The molecule has 0 saturated carbocycles. The summed E-state index contributed by atoms with van der Waals surface area (Å²) in [6, 6.07) is 0. The fourth-order valence-corrected chi connectivity index (χ4v) is 5.47. The van der Waals surface area contributed by atoms with Crippen molar-refractivity contribution in [1.82, 2.24) is 0 Å². The van der Waals surface area contributed by atoms with E-state index in [1.165, 1.54) is 51.4 Å². The number of phosphoric acid groups is 1. The van der Waals surface area contributed by atoms with Crippen molar-refractivity contribution in [3.8, 4) is 0 Å². The number of carbonyl (C=O) groups is 2. The van der Waals surface area contributed by atoms with Crippen molar-refractivity contribution in [2.45, 2.75) is 155 Å². The average Bonchev–Trinajstić information content (AvgIpc) is 3.11. The Morgan fingerprint density at radius 3 is 1.10 bits per heavy atom. The number of esters is 2. The summed E-state index contributed by atoms with van der Waals surface area (Å²) in [4.78, 5) is 33.6. The molecule has 0 aromatic rings. The maximum Gasteiger partial charge on any atom is 0.472 e. The summed E-state index contributed by atoms with van der Waals surface area (Å²) in [7, 11) is -4.22. The van der Waals surface area contributed by atoms with E-state index >= 15 is 0 Å². The molecule has 0 rings (SSSR count). The number of allylic oxidation sites excluding steroid dienone is 12. The predicted octanol–water partition coefficient (Wildman–Crippen LogP) is 12.2. The summed E-state index contributed by atoms with van der Waals surface area (Å²) in [5.41, 5.74) is 0. The van der Waals surface area contributed by atoms with Gasteiger partial charge in [-0.25, -0.2) is 4.57 Å². The van der Waals surface area contributed by atoms with Gasteiger partial charge in [-0.1, -0.05) is 112 Å². The second-order valence-electron chi connectivity index (χ2n) is 12.5. The maximum atomic E-state index is 12.0. The van der Waals surface area contributed by atoms with Gasteiger partial charge < -0.3 is 14.4 Å². The van der Waals surface area contributed by atoms with Gasteiger partial charge in [-0.3, -0.25) is 18.6 Å². The van der Waals surface area contributed by atoms with Crippen molar-refractivity contribution in [1.29, 1.82) is 0 Å². The highest BCUT2D eigenvalue weighted by Gasteiger charge is 2.20. The lowest BCUT2D eigenvalue weighted by molar-refractivity contribution is -0.144. The largest absolute Gasteiger partial charge is 0.472 e. The van der Waals surface area contributed by atoms with Gasteiger partial charge in [0.15, 0.2) is 0 Å². The SMILES string of the molecule is CCCCC/C=C\C/C=C\C/C=C\CCCCC(=O)OCCCOP(=O)(O)OCCCOC(=O)CCCC/C=C\C/C=C\C/C=C\CCCCC. The third-order valence-corrected chi connectivity index (χ3v) is 8.67. The van der Waals surface area contributed by atoms with Crippen LogP contribution in [0.3, 0.4) is 0 Å². The predicted molar refractivity (Wildman–Crippen MR) is 211 cm³/mol. The van der Waals surface area contributed by atoms with Crippen molar-refractivity contribution < 1.29 is 37.6 Å². The Morgan fingerprint density at radius 1 is 0.451 bits per heavy atom. The first-order chi connectivity index (χ1) is 24.9. The molecule has 8 nitrogen and oxygen atoms in total. The molecule has 0 aromatic heterocycles. The summed E-state index contributed by atoms with van der Waals surface area (Å²) < 4.78 is 32.2. The van der Waals surface area contributed by atoms with Gasteiger partial charge in [-0.15, -0.1) is 0 Å².